The van der Waals surface area contributed by atoms with Gasteiger partial charge in [0.1, 0.15) is 12.0 Å². The number of nitrogens with zero attached hydrogens (tertiary/aromatic N) is 11. The fourth-order valence-corrected chi connectivity index (χ4v) is 15.9. The minimum atomic E-state index is -0.0186. The first-order valence-electron chi connectivity index (χ1n) is 48.9. The lowest BCUT2D eigenvalue weighted by Crippen LogP contribution is -2.22. The van der Waals surface area contributed by atoms with Crippen molar-refractivity contribution in [2.75, 3.05) is 26.7 Å². The number of oxazole rings is 1. The Balaban J connectivity index is 0.000000496. The number of aromatic nitrogens is 10. The van der Waals surface area contributed by atoms with Gasteiger partial charge in [-0.15, -0.1) is 43.1 Å². The van der Waals surface area contributed by atoms with Gasteiger partial charge in [0.05, 0.1) is 21.4 Å². The summed E-state index contributed by atoms with van der Waals surface area (Å²) in [4.78, 5) is 62.7. The molecular formula is C108H178N12O7S2. The molecule has 19 nitrogen and oxygen atoms in total. The van der Waals surface area contributed by atoms with E-state index < -0.39 is 0 Å². The van der Waals surface area contributed by atoms with Gasteiger partial charge in [-0.25, -0.2) is 15.0 Å². The first kappa shape index (κ1) is 117. The Hall–Kier alpha value is -7.75. The molecule has 724 valence electrons. The van der Waals surface area contributed by atoms with Gasteiger partial charge in [0.15, 0.2) is 17.5 Å². The number of nitrogens with one attached hydrogen (secondary N) is 1. The Morgan fingerprint density at radius 2 is 0.930 bits per heavy atom. The number of carbonyl (C=O) groups is 3. The van der Waals surface area contributed by atoms with E-state index in [0.717, 1.165) is 85.8 Å². The Morgan fingerprint density at radius 1 is 0.450 bits per heavy atom. The maximum absolute atomic E-state index is 12.3. The van der Waals surface area contributed by atoms with E-state index in [2.05, 4.69) is 284 Å². The Labute approximate surface area is 791 Å². The van der Waals surface area contributed by atoms with Crippen molar-refractivity contribution in [3.8, 4) is 0 Å². The molecule has 2 unspecified atom stereocenters. The summed E-state index contributed by atoms with van der Waals surface area (Å²) in [6, 6.07) is 19.2. The Kier molecular flexibility index (Phi) is 56.3. The molecule has 2 aromatic carbocycles. The van der Waals surface area contributed by atoms with E-state index in [4.69, 9.17) is 17.8 Å². The highest BCUT2D eigenvalue weighted by Gasteiger charge is 2.28. The van der Waals surface area contributed by atoms with Crippen LogP contribution in [0.4, 0.5) is 0 Å². The zero-order valence-electron chi connectivity index (χ0n) is 87.8. The quantitative estimate of drug-likeness (QED) is 0.0363. The van der Waals surface area contributed by atoms with Gasteiger partial charge in [-0.2, -0.15) is 4.98 Å². The molecule has 7 aromatic heterocycles. The molecule has 0 spiro atoms. The van der Waals surface area contributed by atoms with Gasteiger partial charge in [0.2, 0.25) is 35.4 Å². The highest BCUT2D eigenvalue weighted by atomic mass is 32.1. The average Bonchev–Trinajstić information content (AvgIpc) is 1.27. The third-order valence-electron chi connectivity index (χ3n) is 21.1. The van der Waals surface area contributed by atoms with Crippen LogP contribution in [0.2, 0.25) is 0 Å². The molecule has 0 aliphatic carbocycles. The number of likely N-dealkylation sites (tertiary alicyclic amines) is 1. The second-order valence-electron chi connectivity index (χ2n) is 41.4. The van der Waals surface area contributed by atoms with Crippen LogP contribution in [-0.2, 0) is 48.1 Å². The number of carbonyl (C=O) groups excluding carboxylic acids is 3. The SMILES string of the molecule is CC(C)C(=O)c1cccc(C(C)C)c1.CC(C)Cc1cccc(C(C)C)c1.CC(C)Cc1cncc(C(C)C)c1.CC(C)Cc1coc(C(C)C)n1.CC(C)Cc1ncc(C(C)C)s1.CC(C)Cc1noc(C(C)C)n1.CC(C)c1nnc(C(CC(=O)CCCN2CCCC2)C(C)C)o1.CNC(=O)CC(c1nnc(C(C)C)o1)C(C)C.Cc1nc(CC(C)C)sc1C(C)C. The highest BCUT2D eigenvalue weighted by Crippen LogP contribution is 2.33. The third-order valence-corrected chi connectivity index (χ3v) is 23.9. The minimum absolute atomic E-state index is 0.00648. The molecule has 0 radical (unpaired) electrons. The molecule has 129 heavy (non-hydrogen) atoms. The van der Waals surface area contributed by atoms with Crippen LogP contribution >= 0.6 is 22.7 Å². The number of rotatable bonds is 35. The normalized spacial score (nSPS) is 12.7. The van der Waals surface area contributed by atoms with Gasteiger partial charge in [-0.3, -0.25) is 19.4 Å². The van der Waals surface area contributed by atoms with Gasteiger partial charge in [0.25, 0.3) is 0 Å². The van der Waals surface area contributed by atoms with Crippen molar-refractivity contribution in [3.63, 3.8) is 0 Å². The summed E-state index contributed by atoms with van der Waals surface area (Å²) in [7, 11) is 1.63. The summed E-state index contributed by atoms with van der Waals surface area (Å²) >= 11 is 3.74. The molecule has 0 saturated carbocycles. The van der Waals surface area contributed by atoms with Crippen LogP contribution < -0.4 is 5.32 Å². The molecular weight excluding hydrogens is 1640 g/mol. The first-order chi connectivity index (χ1) is 60.4. The summed E-state index contributed by atoms with van der Waals surface area (Å²) in [5.41, 5.74) is 10.0. The molecule has 9 aromatic rings. The lowest BCUT2D eigenvalue weighted by atomic mass is 9.89. The van der Waals surface area contributed by atoms with Gasteiger partial charge in [-0.1, -0.05) is 303 Å². The molecule has 1 aliphatic heterocycles. The Morgan fingerprint density at radius 3 is 1.36 bits per heavy atom. The van der Waals surface area contributed by atoms with Gasteiger partial charge < -0.3 is 28.0 Å². The van der Waals surface area contributed by atoms with Gasteiger partial charge >= 0.3 is 0 Å². The van der Waals surface area contributed by atoms with E-state index in [1.807, 2.05) is 129 Å². The van der Waals surface area contributed by atoms with Gasteiger partial charge in [0, 0.05) is 121 Å². The van der Waals surface area contributed by atoms with E-state index in [1.54, 1.807) is 13.3 Å². The summed E-state index contributed by atoms with van der Waals surface area (Å²) in [6.07, 6.45) is 19.3. The molecule has 2 atom stereocenters. The van der Waals surface area contributed by atoms with E-state index in [9.17, 15) is 14.4 Å². The molecule has 1 saturated heterocycles. The number of pyridine rings is 1. The predicted octanol–water partition coefficient (Wildman–Crippen LogP) is 29.5. The van der Waals surface area contributed by atoms with Crippen molar-refractivity contribution in [3.05, 3.63) is 185 Å². The van der Waals surface area contributed by atoms with Crippen molar-refractivity contribution < 1.29 is 32.2 Å². The van der Waals surface area contributed by atoms with Crippen LogP contribution in [0.5, 0.6) is 0 Å². The van der Waals surface area contributed by atoms with Crippen molar-refractivity contribution in [1.29, 1.82) is 0 Å². The fraction of sp³-hybridized carbons (Fsp3) is 0.676. The van der Waals surface area contributed by atoms with Crippen molar-refractivity contribution in [1.82, 2.24) is 60.7 Å². The van der Waals surface area contributed by atoms with Crippen LogP contribution in [0.3, 0.4) is 0 Å². The smallest absolute Gasteiger partial charge is 0.229 e. The van der Waals surface area contributed by atoms with E-state index in [1.165, 1.54) is 85.6 Å². The standard InChI is InChI=1S/C18H31N3O2.C13H18O.C13H20.C12H21N3O2.C12H19N.C11H19NS.C10H17NO.C10H17NS.C9H16N2O/c1-13(2)16(18-20-19-17(23-18)14(3)4)12-15(22)8-7-11-21-9-5-6-10-21;1-9(2)11-6-5-7-12(8-11)13(14)10(3)4;1-10(2)8-12-6-5-7-13(9-12)11(3)4;1-7(2)9(6-10(16)13-5)12-15-14-11(17-12)8(3)4;1-9(2)5-11-6-12(10(3)4)8-13-7-11;1-7(2)6-10-12-9(5)11(13-10)8(3)4;1-7(2)5-9-6-12-10(11-9)8(3)4;1-7(2)5-10-11-6-9(12-10)8(3)4;1-6(2)5-8-10-9(7(3)4)12-11-8/h13-14,16H,5-12H2,1-4H3;5-10H,1-4H3;5-7,9-11H,8H2,1-4H3;7-9H,6H2,1-5H3,(H,13,16);6-10H,5H2,1-4H3;7-8H,6H2,1-5H3;2*6-8H,5H2,1-4H3;6-7H,5H2,1-4H3. The zero-order valence-corrected chi connectivity index (χ0v) is 89.4. The largest absolute Gasteiger partial charge is 0.448 e. The average molecular weight is 1820 g/mol. The predicted molar refractivity (Wildman–Crippen MR) is 541 cm³/mol. The lowest BCUT2D eigenvalue weighted by molar-refractivity contribution is -0.121. The molecule has 1 amide bonds. The molecule has 8 heterocycles. The van der Waals surface area contributed by atoms with E-state index >= 15 is 0 Å². The van der Waals surface area contributed by atoms with Crippen LogP contribution in [0.15, 0.2) is 97.2 Å². The number of amides is 1. The maximum Gasteiger partial charge on any atom is 0.229 e. The summed E-state index contributed by atoms with van der Waals surface area (Å²) < 4.78 is 21.8. The van der Waals surface area contributed by atoms with E-state index in [-0.39, 0.29) is 47.2 Å². The maximum atomic E-state index is 12.3. The molecule has 1 N–H and O–H groups in total. The molecule has 0 bridgehead atoms. The number of Topliss-reactive ketones (excluding diaryl/α,β-unsaturated/α-hetero) is 2. The van der Waals surface area contributed by atoms with Gasteiger partial charge in [-0.05, 0) is 176 Å². The molecule has 21 heteroatoms. The van der Waals surface area contributed by atoms with Crippen LogP contribution in [0.1, 0.15) is 463 Å². The highest BCUT2D eigenvalue weighted by molar-refractivity contribution is 7.12. The van der Waals surface area contributed by atoms with Crippen molar-refractivity contribution in [2.45, 2.75) is 398 Å². The van der Waals surface area contributed by atoms with E-state index in [0.29, 0.717) is 120 Å². The molecule has 1 aliphatic rings. The Bertz CT molecular complexity index is 4290. The van der Waals surface area contributed by atoms with Crippen LogP contribution in [-0.4, -0.2) is 99.5 Å². The van der Waals surface area contributed by atoms with Crippen LogP contribution in [0, 0.1) is 60.2 Å². The number of thiazole rings is 2. The number of hydrogen-bond acceptors (Lipinski definition) is 20. The van der Waals surface area contributed by atoms with Crippen molar-refractivity contribution >= 4 is 40.1 Å². The van der Waals surface area contributed by atoms with Crippen LogP contribution in [0.25, 0.3) is 0 Å². The lowest BCUT2D eigenvalue weighted by Gasteiger charge is -2.17. The second-order valence-corrected chi connectivity index (χ2v) is 43.6. The second kappa shape index (κ2) is 61.9. The summed E-state index contributed by atoms with van der Waals surface area (Å²) in [5, 5.41) is 25.4. The molecule has 10 rings (SSSR count). The monoisotopic (exact) mass is 1820 g/mol. The van der Waals surface area contributed by atoms with Crippen molar-refractivity contribution in [2.24, 2.45) is 53.3 Å². The zero-order chi connectivity index (χ0) is 97.6. The number of benzene rings is 2. The summed E-state index contributed by atoms with van der Waals surface area (Å²) in [5.74, 6) is 14.4. The number of aryl methyl sites for hydroxylation is 1. The first-order valence-corrected chi connectivity index (χ1v) is 50.5. The third kappa shape index (κ3) is 48.5. The minimum Gasteiger partial charge on any atom is -0.448 e. The molecule has 1 fully saturated rings. The fourth-order valence-electron chi connectivity index (χ4n) is 13.5. The summed E-state index contributed by atoms with van der Waals surface area (Å²) in [6.45, 7) is 82.8. The topological polar surface area (TPSA) is 248 Å². The number of hydrogen-bond donors (Lipinski definition) is 1. The number of ketones is 2.